The zero-order valence-electron chi connectivity index (χ0n) is 8.98. The van der Waals surface area contributed by atoms with Crippen LogP contribution in [0.2, 0.25) is 5.02 Å². The zero-order valence-corrected chi connectivity index (χ0v) is 9.73. The number of hydrogen-bond acceptors (Lipinski definition) is 4. The lowest BCUT2D eigenvalue weighted by Gasteiger charge is -2.09. The normalized spacial score (nSPS) is 10.7. The first-order chi connectivity index (χ1) is 8.56. The third-order valence-corrected chi connectivity index (χ3v) is 2.26. The van der Waals surface area contributed by atoms with Crippen LogP contribution in [-0.4, -0.2) is 9.97 Å². The number of nitrogens with two attached hydrogens (primary N) is 1. The summed E-state index contributed by atoms with van der Waals surface area (Å²) in [5, 5.41) is 0.328. The lowest BCUT2D eigenvalue weighted by atomic mass is 10.2. The minimum absolute atomic E-state index is 0.0403. The van der Waals surface area contributed by atoms with E-state index in [1.165, 1.54) is 24.5 Å². The van der Waals surface area contributed by atoms with Gasteiger partial charge in [-0.05, 0) is 18.2 Å². The lowest BCUT2D eigenvalue weighted by molar-refractivity contribution is 0.148. The number of benzene rings is 1. The third-order valence-electron chi connectivity index (χ3n) is 2.07. The van der Waals surface area contributed by atoms with Gasteiger partial charge in [0.15, 0.2) is 0 Å². The molecular weight excluding hydrogens is 264 g/mol. The van der Waals surface area contributed by atoms with Gasteiger partial charge in [-0.2, -0.15) is 0 Å². The minimum atomic E-state index is -2.70. The smallest absolute Gasteiger partial charge is 0.321 e. The van der Waals surface area contributed by atoms with Gasteiger partial charge in [0, 0.05) is 5.69 Å². The summed E-state index contributed by atoms with van der Waals surface area (Å²) in [6.45, 7) is 0. The van der Waals surface area contributed by atoms with Gasteiger partial charge in [-0.1, -0.05) is 11.6 Å². The fourth-order valence-electron chi connectivity index (χ4n) is 1.28. The standard InChI is InChI=1S/C11H8ClF2N3O/c12-6-4-16-11(17-5-6)18-9-2-1-7(15)3-8(9)10(13)14/h1-5,10H,15H2. The molecule has 0 aliphatic rings. The van der Waals surface area contributed by atoms with Crippen LogP contribution < -0.4 is 10.5 Å². The molecule has 0 radical (unpaired) electrons. The van der Waals surface area contributed by atoms with Crippen molar-refractivity contribution < 1.29 is 13.5 Å². The van der Waals surface area contributed by atoms with Gasteiger partial charge in [-0.15, -0.1) is 0 Å². The maximum atomic E-state index is 12.8. The molecule has 0 spiro atoms. The summed E-state index contributed by atoms with van der Waals surface area (Å²) >= 11 is 5.60. The van der Waals surface area contributed by atoms with E-state index in [-0.39, 0.29) is 23.0 Å². The van der Waals surface area contributed by atoms with Gasteiger partial charge in [-0.3, -0.25) is 0 Å². The SMILES string of the molecule is Nc1ccc(Oc2ncc(Cl)cn2)c(C(F)F)c1. The van der Waals surface area contributed by atoms with E-state index < -0.39 is 6.43 Å². The molecule has 2 rings (SSSR count). The second-order valence-corrected chi connectivity index (χ2v) is 3.82. The fourth-order valence-corrected chi connectivity index (χ4v) is 1.38. The van der Waals surface area contributed by atoms with Crippen LogP contribution in [0.5, 0.6) is 11.8 Å². The van der Waals surface area contributed by atoms with Gasteiger partial charge < -0.3 is 10.5 Å². The molecule has 2 N–H and O–H groups in total. The Morgan fingerprint density at radius 3 is 2.50 bits per heavy atom. The van der Waals surface area contributed by atoms with Crippen LogP contribution in [0.3, 0.4) is 0 Å². The molecule has 0 unspecified atom stereocenters. The average Bonchev–Trinajstić information content (AvgIpc) is 2.34. The zero-order chi connectivity index (χ0) is 13.1. The Hall–Kier alpha value is -1.95. The first-order valence-electron chi connectivity index (χ1n) is 4.89. The number of ether oxygens (including phenoxy) is 1. The highest BCUT2D eigenvalue weighted by Gasteiger charge is 2.15. The molecule has 4 nitrogen and oxygen atoms in total. The van der Waals surface area contributed by atoms with Gasteiger partial charge in [0.2, 0.25) is 0 Å². The van der Waals surface area contributed by atoms with Gasteiger partial charge in [-0.25, -0.2) is 18.7 Å². The van der Waals surface area contributed by atoms with E-state index in [4.69, 9.17) is 22.1 Å². The van der Waals surface area contributed by atoms with Gasteiger partial charge >= 0.3 is 6.01 Å². The number of aromatic nitrogens is 2. The predicted octanol–water partition coefficient (Wildman–Crippen LogP) is 3.44. The van der Waals surface area contributed by atoms with Crippen LogP contribution in [0.15, 0.2) is 30.6 Å². The summed E-state index contributed by atoms with van der Waals surface area (Å²) in [7, 11) is 0. The molecule has 1 aromatic heterocycles. The summed E-state index contributed by atoms with van der Waals surface area (Å²) in [4.78, 5) is 7.51. The average molecular weight is 272 g/mol. The van der Waals surface area contributed by atoms with E-state index in [0.29, 0.717) is 5.02 Å². The Bertz CT molecular complexity index is 548. The molecule has 1 aromatic carbocycles. The van der Waals surface area contributed by atoms with E-state index >= 15 is 0 Å². The molecule has 0 atom stereocenters. The topological polar surface area (TPSA) is 61.0 Å². The first kappa shape index (κ1) is 12.5. The molecule has 2 aromatic rings. The van der Waals surface area contributed by atoms with E-state index in [9.17, 15) is 8.78 Å². The van der Waals surface area contributed by atoms with Crippen molar-refractivity contribution in [1.82, 2.24) is 9.97 Å². The number of halogens is 3. The number of nitrogens with zero attached hydrogens (tertiary/aromatic N) is 2. The molecule has 0 aliphatic carbocycles. The molecule has 0 amide bonds. The molecule has 1 heterocycles. The van der Waals surface area contributed by atoms with E-state index in [0.717, 1.165) is 6.07 Å². The van der Waals surface area contributed by atoms with Crippen LogP contribution in [0.25, 0.3) is 0 Å². The number of anilines is 1. The quantitative estimate of drug-likeness (QED) is 0.869. The molecular formula is C11H8ClF2N3O. The minimum Gasteiger partial charge on any atom is -0.424 e. The molecule has 0 aliphatic heterocycles. The van der Waals surface area contributed by atoms with Crippen LogP contribution in [0.1, 0.15) is 12.0 Å². The molecule has 0 saturated heterocycles. The van der Waals surface area contributed by atoms with Crippen LogP contribution in [-0.2, 0) is 0 Å². The van der Waals surface area contributed by atoms with Crippen molar-refractivity contribution in [2.24, 2.45) is 0 Å². The molecule has 0 fully saturated rings. The molecule has 7 heteroatoms. The third kappa shape index (κ3) is 2.84. The summed E-state index contributed by atoms with van der Waals surface area (Å²) < 4.78 is 30.7. The summed E-state index contributed by atoms with van der Waals surface area (Å²) in [6, 6.07) is 3.88. The van der Waals surface area contributed by atoms with E-state index in [1.807, 2.05) is 0 Å². The van der Waals surface area contributed by atoms with Crippen LogP contribution in [0, 0.1) is 0 Å². The first-order valence-corrected chi connectivity index (χ1v) is 5.27. The van der Waals surface area contributed by atoms with Crippen molar-refractivity contribution >= 4 is 17.3 Å². The Morgan fingerprint density at radius 2 is 1.89 bits per heavy atom. The number of rotatable bonds is 3. The molecule has 94 valence electrons. The van der Waals surface area contributed by atoms with Crippen LogP contribution >= 0.6 is 11.6 Å². The Labute approximate surface area is 106 Å². The second-order valence-electron chi connectivity index (χ2n) is 3.38. The van der Waals surface area contributed by atoms with E-state index in [1.54, 1.807) is 0 Å². The van der Waals surface area contributed by atoms with Gasteiger partial charge in [0.25, 0.3) is 6.43 Å². The van der Waals surface area contributed by atoms with Crippen molar-refractivity contribution in [3.8, 4) is 11.8 Å². The number of alkyl halides is 2. The van der Waals surface area contributed by atoms with Gasteiger partial charge in [0.1, 0.15) is 5.75 Å². The molecule has 18 heavy (non-hydrogen) atoms. The highest BCUT2D eigenvalue weighted by Crippen LogP contribution is 2.32. The maximum absolute atomic E-state index is 12.8. The number of hydrogen-bond donors (Lipinski definition) is 1. The maximum Gasteiger partial charge on any atom is 0.321 e. The van der Waals surface area contributed by atoms with Crippen molar-refractivity contribution in [2.75, 3.05) is 5.73 Å². The number of nitrogen functional groups attached to an aromatic ring is 1. The summed E-state index contributed by atoms with van der Waals surface area (Å²) in [5.41, 5.74) is 5.36. The lowest BCUT2D eigenvalue weighted by Crippen LogP contribution is -1.97. The fraction of sp³-hybridized carbons (Fsp3) is 0.0909. The van der Waals surface area contributed by atoms with Crippen molar-refractivity contribution in [2.45, 2.75) is 6.43 Å². The van der Waals surface area contributed by atoms with Crippen LogP contribution in [0.4, 0.5) is 14.5 Å². The molecule has 0 bridgehead atoms. The highest BCUT2D eigenvalue weighted by molar-refractivity contribution is 6.30. The summed E-state index contributed by atoms with van der Waals surface area (Å²) in [6.07, 6.45) is -0.0808. The Balaban J connectivity index is 2.31. The monoisotopic (exact) mass is 271 g/mol. The molecule has 0 saturated carbocycles. The van der Waals surface area contributed by atoms with Crippen molar-refractivity contribution in [3.05, 3.63) is 41.2 Å². The van der Waals surface area contributed by atoms with E-state index in [2.05, 4.69) is 9.97 Å². The largest absolute Gasteiger partial charge is 0.424 e. The van der Waals surface area contributed by atoms with Crippen molar-refractivity contribution in [1.29, 1.82) is 0 Å². The predicted molar refractivity (Wildman–Crippen MR) is 62.9 cm³/mol. The second kappa shape index (κ2) is 5.14. The van der Waals surface area contributed by atoms with Crippen molar-refractivity contribution in [3.63, 3.8) is 0 Å². The van der Waals surface area contributed by atoms with Gasteiger partial charge in [0.05, 0.1) is 23.0 Å². The Kier molecular flexibility index (Phi) is 3.57. The Morgan fingerprint density at radius 1 is 1.22 bits per heavy atom. The summed E-state index contributed by atoms with van der Waals surface area (Å²) in [5.74, 6) is -0.0403. The highest BCUT2D eigenvalue weighted by atomic mass is 35.5.